The van der Waals surface area contributed by atoms with Gasteiger partial charge < -0.3 is 5.73 Å². The third-order valence-electron chi connectivity index (χ3n) is 3.32. The molecule has 3 heteroatoms. The van der Waals surface area contributed by atoms with Crippen molar-refractivity contribution in [3.8, 4) is 0 Å². The zero-order valence-electron chi connectivity index (χ0n) is 8.69. The average molecular weight is 201 g/mol. The van der Waals surface area contributed by atoms with Gasteiger partial charge in [0.15, 0.2) is 0 Å². The summed E-state index contributed by atoms with van der Waals surface area (Å²) in [6.07, 6.45) is 6.01. The van der Waals surface area contributed by atoms with Crippen molar-refractivity contribution in [1.82, 2.24) is 9.78 Å². The van der Waals surface area contributed by atoms with E-state index in [-0.39, 0.29) is 0 Å². The second-order valence-electron chi connectivity index (χ2n) is 4.44. The molecule has 3 rings (SSSR count). The number of hydrogen-bond acceptors (Lipinski definition) is 2. The number of rotatable bonds is 2. The van der Waals surface area contributed by atoms with Gasteiger partial charge in [0.25, 0.3) is 0 Å². The van der Waals surface area contributed by atoms with Gasteiger partial charge in [0.05, 0.1) is 11.7 Å². The van der Waals surface area contributed by atoms with Crippen LogP contribution < -0.4 is 5.73 Å². The van der Waals surface area contributed by atoms with E-state index < -0.39 is 0 Å². The Hall–Kier alpha value is -1.51. The van der Waals surface area contributed by atoms with Crippen molar-refractivity contribution in [2.45, 2.75) is 25.8 Å². The third kappa shape index (κ3) is 1.48. The predicted octanol–water partition coefficient (Wildman–Crippen LogP) is 2.42. The van der Waals surface area contributed by atoms with E-state index in [2.05, 4.69) is 15.8 Å². The summed E-state index contributed by atoms with van der Waals surface area (Å²) in [6, 6.07) is 6.00. The van der Waals surface area contributed by atoms with Gasteiger partial charge in [-0.05, 0) is 37.0 Å². The molecule has 1 aromatic heterocycles. The highest BCUT2D eigenvalue weighted by atomic mass is 15.3. The molecule has 15 heavy (non-hydrogen) atoms. The zero-order valence-corrected chi connectivity index (χ0v) is 8.69. The largest absolute Gasteiger partial charge is 0.399 e. The maximum Gasteiger partial charge on any atom is 0.0684 e. The molecule has 1 saturated carbocycles. The minimum atomic E-state index is 0.811. The molecule has 0 aliphatic heterocycles. The first-order chi connectivity index (χ1) is 7.33. The maximum absolute atomic E-state index is 5.73. The Labute approximate surface area is 88.9 Å². The molecule has 1 aromatic carbocycles. The molecule has 1 aliphatic carbocycles. The normalized spacial score (nSPS) is 16.8. The number of nitrogens with two attached hydrogens (primary N) is 1. The highest BCUT2D eigenvalue weighted by molar-refractivity contribution is 5.81. The molecule has 0 radical (unpaired) electrons. The Bertz CT molecular complexity index is 483. The molecular formula is C12H15N3. The number of hydrogen-bond donors (Lipinski definition) is 1. The van der Waals surface area contributed by atoms with Gasteiger partial charge in [-0.3, -0.25) is 4.68 Å². The first kappa shape index (κ1) is 8.77. The fraction of sp³-hybridized carbons (Fsp3) is 0.417. The second-order valence-corrected chi connectivity index (χ2v) is 4.44. The molecule has 2 N–H and O–H groups in total. The highest BCUT2D eigenvalue weighted by Crippen LogP contribution is 2.29. The van der Waals surface area contributed by atoms with E-state index in [0.29, 0.717) is 0 Å². The van der Waals surface area contributed by atoms with Crippen LogP contribution in [-0.4, -0.2) is 9.78 Å². The van der Waals surface area contributed by atoms with Gasteiger partial charge >= 0.3 is 0 Å². The van der Waals surface area contributed by atoms with Gasteiger partial charge in [-0.15, -0.1) is 0 Å². The van der Waals surface area contributed by atoms with Gasteiger partial charge in [0.1, 0.15) is 0 Å². The van der Waals surface area contributed by atoms with Crippen LogP contribution in [0, 0.1) is 5.92 Å². The molecule has 78 valence electrons. The molecule has 3 nitrogen and oxygen atoms in total. The van der Waals surface area contributed by atoms with Crippen LogP contribution in [0.25, 0.3) is 10.9 Å². The molecule has 0 saturated heterocycles. The van der Waals surface area contributed by atoms with E-state index >= 15 is 0 Å². The lowest BCUT2D eigenvalue weighted by Gasteiger charge is -2.25. The van der Waals surface area contributed by atoms with Crippen LogP contribution in [0.1, 0.15) is 19.3 Å². The number of benzene rings is 1. The lowest BCUT2D eigenvalue weighted by molar-refractivity contribution is 0.270. The quantitative estimate of drug-likeness (QED) is 0.758. The predicted molar refractivity (Wildman–Crippen MR) is 61.5 cm³/mol. The topological polar surface area (TPSA) is 43.8 Å². The Kier molecular flexibility index (Phi) is 1.91. The highest BCUT2D eigenvalue weighted by Gasteiger charge is 2.18. The summed E-state index contributed by atoms with van der Waals surface area (Å²) in [5, 5.41) is 5.57. The molecular weight excluding hydrogens is 186 g/mol. The van der Waals surface area contributed by atoms with Crippen molar-refractivity contribution in [1.29, 1.82) is 0 Å². The minimum Gasteiger partial charge on any atom is -0.399 e. The van der Waals surface area contributed by atoms with Crippen molar-refractivity contribution in [3.05, 3.63) is 24.4 Å². The molecule has 1 fully saturated rings. The zero-order chi connectivity index (χ0) is 10.3. The maximum atomic E-state index is 5.73. The van der Waals surface area contributed by atoms with E-state index in [1.807, 2.05) is 18.3 Å². The summed E-state index contributed by atoms with van der Waals surface area (Å²) in [6.45, 7) is 1.06. The van der Waals surface area contributed by atoms with Crippen LogP contribution in [0.5, 0.6) is 0 Å². The molecule has 0 amide bonds. The minimum absolute atomic E-state index is 0.811. The number of nitrogens with zero attached hydrogens (tertiary/aromatic N) is 2. The molecule has 0 spiro atoms. The Morgan fingerprint density at radius 3 is 3.00 bits per heavy atom. The van der Waals surface area contributed by atoms with E-state index in [0.717, 1.165) is 23.5 Å². The van der Waals surface area contributed by atoms with Crippen molar-refractivity contribution in [3.63, 3.8) is 0 Å². The Balaban J connectivity index is 1.96. The van der Waals surface area contributed by atoms with Crippen molar-refractivity contribution < 1.29 is 0 Å². The molecule has 2 aromatic rings. The van der Waals surface area contributed by atoms with E-state index in [1.54, 1.807) is 0 Å². The number of nitrogen functional groups attached to an aromatic ring is 1. The summed E-state index contributed by atoms with van der Waals surface area (Å²) >= 11 is 0. The van der Waals surface area contributed by atoms with Crippen molar-refractivity contribution >= 4 is 16.6 Å². The van der Waals surface area contributed by atoms with Gasteiger partial charge in [-0.25, -0.2) is 0 Å². The Morgan fingerprint density at radius 1 is 1.40 bits per heavy atom. The Morgan fingerprint density at radius 2 is 2.27 bits per heavy atom. The molecule has 1 heterocycles. The van der Waals surface area contributed by atoms with Gasteiger partial charge in [-0.1, -0.05) is 6.42 Å². The number of fused-ring (bicyclic) bond motifs is 1. The third-order valence-corrected chi connectivity index (χ3v) is 3.32. The molecule has 0 bridgehead atoms. The monoisotopic (exact) mass is 201 g/mol. The summed E-state index contributed by atoms with van der Waals surface area (Å²) < 4.78 is 2.11. The summed E-state index contributed by atoms with van der Waals surface area (Å²) in [4.78, 5) is 0. The fourth-order valence-corrected chi connectivity index (χ4v) is 2.17. The lowest BCUT2D eigenvalue weighted by Crippen LogP contribution is -2.18. The van der Waals surface area contributed by atoms with Crippen LogP contribution in [0.4, 0.5) is 5.69 Å². The van der Waals surface area contributed by atoms with E-state index in [4.69, 9.17) is 5.73 Å². The van der Waals surface area contributed by atoms with Crippen LogP contribution in [0.2, 0.25) is 0 Å². The molecule has 0 unspecified atom stereocenters. The first-order valence-electron chi connectivity index (χ1n) is 5.54. The fourth-order valence-electron chi connectivity index (χ4n) is 2.17. The lowest BCUT2D eigenvalue weighted by atomic mass is 9.85. The summed E-state index contributed by atoms with van der Waals surface area (Å²) in [7, 11) is 0. The number of anilines is 1. The second kappa shape index (κ2) is 3.26. The van der Waals surface area contributed by atoms with Crippen LogP contribution >= 0.6 is 0 Å². The standard InChI is InChI=1S/C12H15N3/c13-11-4-5-12-10(6-11)7-14-15(12)8-9-2-1-3-9/h4-7,9H,1-3,8,13H2. The van der Waals surface area contributed by atoms with Crippen molar-refractivity contribution in [2.75, 3.05) is 5.73 Å². The molecule has 1 aliphatic rings. The first-order valence-corrected chi connectivity index (χ1v) is 5.54. The van der Waals surface area contributed by atoms with Crippen LogP contribution in [0.15, 0.2) is 24.4 Å². The van der Waals surface area contributed by atoms with E-state index in [1.165, 1.54) is 24.8 Å². The van der Waals surface area contributed by atoms with E-state index in [9.17, 15) is 0 Å². The summed E-state index contributed by atoms with van der Waals surface area (Å²) in [5.41, 5.74) is 7.75. The molecule has 0 atom stereocenters. The van der Waals surface area contributed by atoms with Crippen LogP contribution in [-0.2, 0) is 6.54 Å². The van der Waals surface area contributed by atoms with Gasteiger partial charge in [0, 0.05) is 17.6 Å². The van der Waals surface area contributed by atoms with Crippen LogP contribution in [0.3, 0.4) is 0 Å². The smallest absolute Gasteiger partial charge is 0.0684 e. The SMILES string of the molecule is Nc1ccc2c(cnn2CC2CCC2)c1. The summed E-state index contributed by atoms with van der Waals surface area (Å²) in [5.74, 6) is 0.839. The van der Waals surface area contributed by atoms with Crippen molar-refractivity contribution in [2.24, 2.45) is 5.92 Å². The van der Waals surface area contributed by atoms with Gasteiger partial charge in [-0.2, -0.15) is 5.10 Å². The average Bonchev–Trinajstić information content (AvgIpc) is 2.54. The number of aromatic nitrogens is 2. The van der Waals surface area contributed by atoms with Gasteiger partial charge in [0.2, 0.25) is 0 Å².